The molecular weight excluding hydrogens is 168 g/mol. The van der Waals surface area contributed by atoms with Gasteiger partial charge in [0.15, 0.2) is 0 Å². The number of hydrogen-bond donors (Lipinski definition) is 0. The molecule has 0 fully saturated rings. The minimum Gasteiger partial charge on any atom is -0.0871 e. The molecule has 0 bridgehead atoms. The summed E-state index contributed by atoms with van der Waals surface area (Å²) < 4.78 is 0. The van der Waals surface area contributed by atoms with Crippen LogP contribution < -0.4 is 0 Å². The van der Waals surface area contributed by atoms with E-state index >= 15 is 0 Å². The van der Waals surface area contributed by atoms with Crippen molar-refractivity contribution in [2.24, 2.45) is 0 Å². The molecule has 0 saturated carbocycles. The van der Waals surface area contributed by atoms with Gasteiger partial charge in [0.25, 0.3) is 0 Å². The van der Waals surface area contributed by atoms with Crippen LogP contribution in [0.15, 0.2) is 30.3 Å². The van der Waals surface area contributed by atoms with Crippen molar-refractivity contribution in [3.63, 3.8) is 0 Å². The average Bonchev–Trinajstić information content (AvgIpc) is 2.09. The standard InChI is InChI=1S/C9H9Cl.C2H6/c1-2-4-8-5-3-6-9(10)7-8;1-2/h2-7H,1H3;1-2H3/b4-2+;. The van der Waals surface area contributed by atoms with Gasteiger partial charge >= 0.3 is 0 Å². The molecule has 0 radical (unpaired) electrons. The molecule has 0 N–H and O–H groups in total. The smallest absolute Gasteiger partial charge is 0.0411 e. The van der Waals surface area contributed by atoms with Crippen molar-refractivity contribution < 1.29 is 0 Å². The Morgan fingerprint density at radius 1 is 1.25 bits per heavy atom. The third-order valence-electron chi connectivity index (χ3n) is 1.21. The minimum absolute atomic E-state index is 0.788. The molecule has 1 heteroatoms. The number of hydrogen-bond acceptors (Lipinski definition) is 0. The zero-order valence-electron chi connectivity index (χ0n) is 7.84. The van der Waals surface area contributed by atoms with E-state index in [1.807, 2.05) is 57.2 Å². The van der Waals surface area contributed by atoms with Crippen LogP contribution >= 0.6 is 11.6 Å². The summed E-state index contributed by atoms with van der Waals surface area (Å²) in [4.78, 5) is 0. The first kappa shape index (κ1) is 11.2. The van der Waals surface area contributed by atoms with Crippen LogP contribution in [0.2, 0.25) is 5.02 Å². The van der Waals surface area contributed by atoms with Gasteiger partial charge in [-0.3, -0.25) is 0 Å². The highest BCUT2D eigenvalue weighted by Gasteiger charge is 1.86. The highest BCUT2D eigenvalue weighted by molar-refractivity contribution is 6.30. The minimum atomic E-state index is 0.788. The van der Waals surface area contributed by atoms with Crippen LogP contribution in [0.4, 0.5) is 0 Å². The summed E-state index contributed by atoms with van der Waals surface area (Å²) in [6.07, 6.45) is 4.01. The molecule has 1 aromatic rings. The molecule has 12 heavy (non-hydrogen) atoms. The number of halogens is 1. The summed E-state index contributed by atoms with van der Waals surface area (Å²) in [7, 11) is 0. The third-order valence-corrected chi connectivity index (χ3v) is 1.44. The molecular formula is C11H15Cl. The Morgan fingerprint density at radius 2 is 1.92 bits per heavy atom. The Balaban J connectivity index is 0.000000561. The van der Waals surface area contributed by atoms with Gasteiger partial charge in [0.1, 0.15) is 0 Å². The molecule has 1 rings (SSSR count). The zero-order valence-corrected chi connectivity index (χ0v) is 8.60. The van der Waals surface area contributed by atoms with Crippen LogP contribution in [-0.4, -0.2) is 0 Å². The van der Waals surface area contributed by atoms with Crippen molar-refractivity contribution in [3.05, 3.63) is 40.9 Å². The van der Waals surface area contributed by atoms with Gasteiger partial charge in [-0.2, -0.15) is 0 Å². The molecule has 0 spiro atoms. The Morgan fingerprint density at radius 3 is 2.42 bits per heavy atom. The quantitative estimate of drug-likeness (QED) is 0.604. The van der Waals surface area contributed by atoms with Crippen LogP contribution in [0.1, 0.15) is 26.3 Å². The molecule has 0 amide bonds. The Kier molecular flexibility index (Phi) is 6.50. The Hall–Kier alpha value is -0.750. The molecule has 1 aromatic carbocycles. The lowest BCUT2D eigenvalue weighted by atomic mass is 10.2. The van der Waals surface area contributed by atoms with E-state index in [0.29, 0.717) is 0 Å². The molecule has 0 nitrogen and oxygen atoms in total. The van der Waals surface area contributed by atoms with Gasteiger partial charge in [-0.1, -0.05) is 49.7 Å². The first-order chi connectivity index (χ1) is 5.83. The lowest BCUT2D eigenvalue weighted by molar-refractivity contribution is 1.50. The van der Waals surface area contributed by atoms with E-state index in [1.165, 1.54) is 0 Å². The van der Waals surface area contributed by atoms with Gasteiger partial charge in [0.05, 0.1) is 0 Å². The van der Waals surface area contributed by atoms with Crippen molar-refractivity contribution in [2.45, 2.75) is 20.8 Å². The highest BCUT2D eigenvalue weighted by atomic mass is 35.5. The van der Waals surface area contributed by atoms with Crippen LogP contribution in [0, 0.1) is 0 Å². The fourth-order valence-electron chi connectivity index (χ4n) is 0.803. The molecule has 0 aliphatic rings. The van der Waals surface area contributed by atoms with Crippen molar-refractivity contribution in [3.8, 4) is 0 Å². The van der Waals surface area contributed by atoms with E-state index in [4.69, 9.17) is 11.6 Å². The predicted molar refractivity (Wildman–Crippen MR) is 57.5 cm³/mol. The molecule has 66 valence electrons. The molecule has 0 aliphatic carbocycles. The molecule has 0 heterocycles. The average molecular weight is 183 g/mol. The maximum absolute atomic E-state index is 5.75. The fourth-order valence-corrected chi connectivity index (χ4v) is 1.00. The SMILES string of the molecule is C/C=C/c1cccc(Cl)c1.CC. The van der Waals surface area contributed by atoms with E-state index in [2.05, 4.69) is 0 Å². The summed E-state index contributed by atoms with van der Waals surface area (Å²) >= 11 is 5.75. The second-order valence-corrected chi connectivity index (χ2v) is 2.49. The summed E-state index contributed by atoms with van der Waals surface area (Å²) in [5.41, 5.74) is 1.15. The summed E-state index contributed by atoms with van der Waals surface area (Å²) in [6.45, 7) is 5.99. The van der Waals surface area contributed by atoms with Crippen molar-refractivity contribution in [2.75, 3.05) is 0 Å². The summed E-state index contributed by atoms with van der Waals surface area (Å²) in [5.74, 6) is 0. The number of benzene rings is 1. The molecule has 0 aromatic heterocycles. The first-order valence-electron chi connectivity index (χ1n) is 4.21. The molecule has 0 aliphatic heterocycles. The van der Waals surface area contributed by atoms with Crippen LogP contribution in [0.5, 0.6) is 0 Å². The van der Waals surface area contributed by atoms with Gasteiger partial charge in [-0.15, -0.1) is 0 Å². The van der Waals surface area contributed by atoms with E-state index in [0.717, 1.165) is 10.6 Å². The summed E-state index contributed by atoms with van der Waals surface area (Å²) in [5, 5.41) is 0.788. The van der Waals surface area contributed by atoms with Crippen molar-refractivity contribution >= 4 is 17.7 Å². The zero-order chi connectivity index (χ0) is 9.40. The van der Waals surface area contributed by atoms with E-state index in [1.54, 1.807) is 0 Å². The third kappa shape index (κ3) is 4.20. The number of rotatable bonds is 1. The van der Waals surface area contributed by atoms with Gasteiger partial charge in [-0.05, 0) is 24.6 Å². The van der Waals surface area contributed by atoms with Gasteiger partial charge in [0, 0.05) is 5.02 Å². The molecule has 0 atom stereocenters. The molecule has 0 saturated heterocycles. The van der Waals surface area contributed by atoms with E-state index in [9.17, 15) is 0 Å². The monoisotopic (exact) mass is 182 g/mol. The lowest BCUT2D eigenvalue weighted by Gasteiger charge is -1.91. The second-order valence-electron chi connectivity index (χ2n) is 2.06. The largest absolute Gasteiger partial charge is 0.0871 e. The van der Waals surface area contributed by atoms with Gasteiger partial charge in [-0.25, -0.2) is 0 Å². The normalized spacial score (nSPS) is 9.33. The highest BCUT2D eigenvalue weighted by Crippen LogP contribution is 2.11. The Labute approximate surface area is 79.9 Å². The van der Waals surface area contributed by atoms with Gasteiger partial charge < -0.3 is 0 Å². The molecule has 0 unspecified atom stereocenters. The number of allylic oxidation sites excluding steroid dienone is 1. The van der Waals surface area contributed by atoms with Crippen LogP contribution in [0.3, 0.4) is 0 Å². The van der Waals surface area contributed by atoms with E-state index < -0.39 is 0 Å². The predicted octanol–water partition coefficient (Wildman–Crippen LogP) is 4.40. The first-order valence-corrected chi connectivity index (χ1v) is 4.59. The second kappa shape index (κ2) is 6.93. The van der Waals surface area contributed by atoms with Crippen molar-refractivity contribution in [1.29, 1.82) is 0 Å². The van der Waals surface area contributed by atoms with E-state index in [-0.39, 0.29) is 0 Å². The fraction of sp³-hybridized carbons (Fsp3) is 0.273. The topological polar surface area (TPSA) is 0 Å². The lowest BCUT2D eigenvalue weighted by Crippen LogP contribution is -1.68. The van der Waals surface area contributed by atoms with Gasteiger partial charge in [0.2, 0.25) is 0 Å². The maximum Gasteiger partial charge on any atom is 0.0411 e. The van der Waals surface area contributed by atoms with Crippen molar-refractivity contribution in [1.82, 2.24) is 0 Å². The summed E-state index contributed by atoms with van der Waals surface area (Å²) in [6, 6.07) is 7.76. The van der Waals surface area contributed by atoms with Crippen LogP contribution in [0.25, 0.3) is 6.08 Å². The maximum atomic E-state index is 5.75. The Bertz CT molecular complexity index is 239. The van der Waals surface area contributed by atoms with Crippen LogP contribution in [-0.2, 0) is 0 Å².